The third-order valence-electron chi connectivity index (χ3n) is 3.08. The summed E-state index contributed by atoms with van der Waals surface area (Å²) in [6, 6.07) is 0. The first-order valence-corrected chi connectivity index (χ1v) is 5.49. The Morgan fingerprint density at radius 3 is 2.85 bits per heavy atom. The lowest BCUT2D eigenvalue weighted by molar-refractivity contribution is -0.0169. The van der Waals surface area contributed by atoms with Crippen molar-refractivity contribution in [3.8, 4) is 0 Å². The van der Waals surface area contributed by atoms with Crippen molar-refractivity contribution >= 4 is 0 Å². The first-order chi connectivity index (χ1) is 6.24. The van der Waals surface area contributed by atoms with E-state index in [2.05, 4.69) is 13.8 Å². The lowest BCUT2D eigenvalue weighted by Gasteiger charge is -2.28. The topological polar surface area (TPSA) is 29.5 Å². The number of hydrogen-bond donors (Lipinski definition) is 1. The van der Waals surface area contributed by atoms with Crippen LogP contribution in [0.15, 0.2) is 0 Å². The average Bonchev–Trinajstić information content (AvgIpc) is 2.19. The van der Waals surface area contributed by atoms with Gasteiger partial charge >= 0.3 is 0 Å². The van der Waals surface area contributed by atoms with Gasteiger partial charge in [0, 0.05) is 12.5 Å². The fraction of sp³-hybridized carbons (Fsp3) is 1.00. The van der Waals surface area contributed by atoms with Gasteiger partial charge in [-0.2, -0.15) is 0 Å². The van der Waals surface area contributed by atoms with E-state index in [-0.39, 0.29) is 6.10 Å². The zero-order valence-corrected chi connectivity index (χ0v) is 8.83. The summed E-state index contributed by atoms with van der Waals surface area (Å²) in [5.41, 5.74) is 0. The lowest BCUT2D eigenvalue weighted by Crippen LogP contribution is -2.30. The summed E-state index contributed by atoms with van der Waals surface area (Å²) in [5, 5.41) is 9.90. The Morgan fingerprint density at radius 2 is 2.31 bits per heavy atom. The highest BCUT2D eigenvalue weighted by Gasteiger charge is 2.23. The van der Waals surface area contributed by atoms with Gasteiger partial charge in [-0.05, 0) is 25.2 Å². The summed E-state index contributed by atoms with van der Waals surface area (Å²) < 4.78 is 5.36. The van der Waals surface area contributed by atoms with Gasteiger partial charge in [-0.15, -0.1) is 0 Å². The van der Waals surface area contributed by atoms with Crippen LogP contribution < -0.4 is 0 Å². The van der Waals surface area contributed by atoms with E-state index in [1.165, 1.54) is 0 Å². The monoisotopic (exact) mass is 186 g/mol. The van der Waals surface area contributed by atoms with E-state index in [0.717, 1.165) is 38.9 Å². The van der Waals surface area contributed by atoms with E-state index in [9.17, 15) is 5.11 Å². The molecule has 78 valence electrons. The van der Waals surface area contributed by atoms with Crippen molar-refractivity contribution in [2.24, 2.45) is 11.8 Å². The third-order valence-corrected chi connectivity index (χ3v) is 3.08. The summed E-state index contributed by atoms with van der Waals surface area (Å²) in [5.74, 6) is 1.03. The molecule has 1 aliphatic rings. The molecule has 13 heavy (non-hydrogen) atoms. The van der Waals surface area contributed by atoms with Crippen molar-refractivity contribution in [2.45, 2.75) is 45.6 Å². The van der Waals surface area contributed by atoms with E-state index in [1.807, 2.05) is 0 Å². The van der Waals surface area contributed by atoms with Crippen LogP contribution in [0, 0.1) is 11.8 Å². The maximum Gasteiger partial charge on any atom is 0.0592 e. The smallest absolute Gasteiger partial charge is 0.0592 e. The Kier molecular flexibility index (Phi) is 4.74. The first kappa shape index (κ1) is 11.0. The quantitative estimate of drug-likeness (QED) is 0.729. The zero-order valence-electron chi connectivity index (χ0n) is 8.83. The highest BCUT2D eigenvalue weighted by Crippen LogP contribution is 2.22. The van der Waals surface area contributed by atoms with Crippen LogP contribution >= 0.6 is 0 Å². The van der Waals surface area contributed by atoms with Crippen LogP contribution in [-0.2, 0) is 4.74 Å². The van der Waals surface area contributed by atoms with Crippen LogP contribution in [0.4, 0.5) is 0 Å². The van der Waals surface area contributed by atoms with Gasteiger partial charge in [-0.1, -0.05) is 20.3 Å². The Hall–Kier alpha value is -0.0800. The van der Waals surface area contributed by atoms with Crippen LogP contribution in [-0.4, -0.2) is 24.4 Å². The van der Waals surface area contributed by atoms with Crippen molar-refractivity contribution in [3.05, 3.63) is 0 Å². The maximum atomic E-state index is 9.90. The fourth-order valence-corrected chi connectivity index (χ4v) is 1.84. The molecule has 0 aromatic heterocycles. The standard InChI is InChI=1S/C11H22O2/c1-3-9(2)7-11(12)10-5-4-6-13-8-10/h9-12H,3-8H2,1-2H3. The van der Waals surface area contributed by atoms with Gasteiger partial charge in [-0.25, -0.2) is 0 Å². The van der Waals surface area contributed by atoms with Crippen molar-refractivity contribution in [1.82, 2.24) is 0 Å². The van der Waals surface area contributed by atoms with Crippen LogP contribution in [0.3, 0.4) is 0 Å². The average molecular weight is 186 g/mol. The minimum Gasteiger partial charge on any atom is -0.393 e. The van der Waals surface area contributed by atoms with Gasteiger partial charge < -0.3 is 9.84 Å². The molecule has 1 heterocycles. The summed E-state index contributed by atoms with van der Waals surface area (Å²) in [6.45, 7) is 6.02. The molecule has 0 saturated carbocycles. The van der Waals surface area contributed by atoms with Gasteiger partial charge in [-0.3, -0.25) is 0 Å². The fourth-order valence-electron chi connectivity index (χ4n) is 1.84. The summed E-state index contributed by atoms with van der Waals surface area (Å²) in [6.07, 6.45) is 4.20. The van der Waals surface area contributed by atoms with Gasteiger partial charge in [0.05, 0.1) is 12.7 Å². The Labute approximate surface area is 81.3 Å². The minimum atomic E-state index is -0.143. The molecule has 1 rings (SSSR count). The second kappa shape index (κ2) is 5.61. The molecule has 0 amide bonds. The second-order valence-corrected chi connectivity index (χ2v) is 4.29. The van der Waals surface area contributed by atoms with E-state index in [4.69, 9.17) is 4.74 Å². The normalized spacial score (nSPS) is 28.4. The molecule has 1 N–H and O–H groups in total. The molecule has 0 radical (unpaired) electrons. The second-order valence-electron chi connectivity index (χ2n) is 4.29. The Morgan fingerprint density at radius 1 is 1.54 bits per heavy atom. The SMILES string of the molecule is CCC(C)CC(O)C1CCCOC1. The molecule has 1 saturated heterocycles. The number of aliphatic hydroxyl groups is 1. The molecule has 2 heteroatoms. The predicted molar refractivity (Wildman–Crippen MR) is 53.6 cm³/mol. The van der Waals surface area contributed by atoms with Crippen molar-refractivity contribution < 1.29 is 9.84 Å². The molecule has 0 aromatic rings. The number of hydrogen-bond acceptors (Lipinski definition) is 2. The van der Waals surface area contributed by atoms with Crippen molar-refractivity contribution in [1.29, 1.82) is 0 Å². The molecule has 0 spiro atoms. The number of aliphatic hydroxyl groups excluding tert-OH is 1. The molecule has 0 aromatic carbocycles. The van der Waals surface area contributed by atoms with E-state index < -0.39 is 0 Å². The van der Waals surface area contributed by atoms with Crippen LogP contribution in [0.25, 0.3) is 0 Å². The van der Waals surface area contributed by atoms with Crippen LogP contribution in [0.1, 0.15) is 39.5 Å². The van der Waals surface area contributed by atoms with E-state index in [0.29, 0.717) is 11.8 Å². The van der Waals surface area contributed by atoms with E-state index in [1.54, 1.807) is 0 Å². The highest BCUT2D eigenvalue weighted by atomic mass is 16.5. The molecule has 1 aliphatic heterocycles. The molecular weight excluding hydrogens is 164 g/mol. The van der Waals surface area contributed by atoms with Crippen LogP contribution in [0.2, 0.25) is 0 Å². The zero-order chi connectivity index (χ0) is 9.68. The molecule has 3 unspecified atom stereocenters. The minimum absolute atomic E-state index is 0.143. The Bertz CT molecular complexity index is 130. The van der Waals surface area contributed by atoms with Crippen LogP contribution in [0.5, 0.6) is 0 Å². The molecule has 0 aliphatic carbocycles. The Balaban J connectivity index is 2.24. The molecular formula is C11H22O2. The van der Waals surface area contributed by atoms with Crippen molar-refractivity contribution in [2.75, 3.05) is 13.2 Å². The molecule has 0 bridgehead atoms. The third kappa shape index (κ3) is 3.65. The van der Waals surface area contributed by atoms with Gasteiger partial charge in [0.25, 0.3) is 0 Å². The maximum absolute atomic E-state index is 9.90. The van der Waals surface area contributed by atoms with E-state index >= 15 is 0 Å². The van der Waals surface area contributed by atoms with Gasteiger partial charge in [0.1, 0.15) is 0 Å². The van der Waals surface area contributed by atoms with Gasteiger partial charge in [0.2, 0.25) is 0 Å². The summed E-state index contributed by atoms with van der Waals surface area (Å²) in [7, 11) is 0. The lowest BCUT2D eigenvalue weighted by atomic mass is 9.89. The molecule has 1 fully saturated rings. The van der Waals surface area contributed by atoms with Crippen molar-refractivity contribution in [3.63, 3.8) is 0 Å². The molecule has 3 atom stereocenters. The summed E-state index contributed by atoms with van der Waals surface area (Å²) >= 11 is 0. The number of ether oxygens (including phenoxy) is 1. The van der Waals surface area contributed by atoms with Gasteiger partial charge in [0.15, 0.2) is 0 Å². The number of rotatable bonds is 4. The first-order valence-electron chi connectivity index (χ1n) is 5.49. The predicted octanol–water partition coefficient (Wildman–Crippen LogP) is 2.21. The summed E-state index contributed by atoms with van der Waals surface area (Å²) in [4.78, 5) is 0. The molecule has 2 nitrogen and oxygen atoms in total. The highest BCUT2D eigenvalue weighted by molar-refractivity contribution is 4.73. The largest absolute Gasteiger partial charge is 0.393 e.